The molecule has 1 atom stereocenters. The lowest BCUT2D eigenvalue weighted by molar-refractivity contribution is -0.123. The van der Waals surface area contributed by atoms with Crippen LogP contribution in [0.3, 0.4) is 0 Å². The zero-order chi connectivity index (χ0) is 20.2. The van der Waals surface area contributed by atoms with E-state index in [-0.39, 0.29) is 24.3 Å². The SMILES string of the molecule is CCOc1cccc(N2C(=O)C[C@@H](N3CCN(Cc4ccccc4)CC3)C2=O)c1. The minimum Gasteiger partial charge on any atom is -0.494 e. The Balaban J connectivity index is 1.39. The molecule has 0 unspecified atom stereocenters. The maximum Gasteiger partial charge on any atom is 0.251 e. The Kier molecular flexibility index (Phi) is 5.92. The van der Waals surface area contributed by atoms with E-state index in [0.29, 0.717) is 18.0 Å². The van der Waals surface area contributed by atoms with Crippen LogP contribution in [0.1, 0.15) is 18.9 Å². The summed E-state index contributed by atoms with van der Waals surface area (Å²) in [5.41, 5.74) is 1.89. The third-order valence-electron chi connectivity index (χ3n) is 5.61. The molecule has 0 bridgehead atoms. The number of carbonyl (C=O) groups is 2. The first-order chi connectivity index (χ1) is 14.2. The number of ether oxygens (including phenoxy) is 1. The van der Waals surface area contributed by atoms with Gasteiger partial charge in [-0.15, -0.1) is 0 Å². The van der Waals surface area contributed by atoms with Crippen LogP contribution in [-0.2, 0) is 16.1 Å². The van der Waals surface area contributed by atoms with E-state index in [1.54, 1.807) is 12.1 Å². The highest BCUT2D eigenvalue weighted by Gasteiger charge is 2.43. The molecule has 2 aliphatic heterocycles. The molecule has 2 aromatic carbocycles. The highest BCUT2D eigenvalue weighted by molar-refractivity contribution is 6.22. The molecular weight excluding hydrogens is 366 g/mol. The molecule has 0 aromatic heterocycles. The number of rotatable bonds is 6. The zero-order valence-electron chi connectivity index (χ0n) is 16.8. The van der Waals surface area contributed by atoms with Crippen molar-refractivity contribution in [1.29, 1.82) is 0 Å². The second-order valence-corrected chi connectivity index (χ2v) is 7.52. The first kappa shape index (κ1) is 19.6. The van der Waals surface area contributed by atoms with Gasteiger partial charge < -0.3 is 4.74 Å². The van der Waals surface area contributed by atoms with E-state index in [9.17, 15) is 9.59 Å². The fraction of sp³-hybridized carbons (Fsp3) is 0.391. The molecule has 4 rings (SSSR count). The number of hydrogen-bond donors (Lipinski definition) is 0. The number of amides is 2. The molecule has 2 aliphatic rings. The summed E-state index contributed by atoms with van der Waals surface area (Å²) in [7, 11) is 0. The van der Waals surface area contributed by atoms with Crippen molar-refractivity contribution in [2.75, 3.05) is 37.7 Å². The summed E-state index contributed by atoms with van der Waals surface area (Å²) >= 11 is 0. The maximum absolute atomic E-state index is 13.1. The normalized spacial score (nSPS) is 21.0. The summed E-state index contributed by atoms with van der Waals surface area (Å²) in [5.74, 6) is 0.407. The van der Waals surface area contributed by atoms with Gasteiger partial charge in [-0.2, -0.15) is 0 Å². The van der Waals surface area contributed by atoms with Gasteiger partial charge in [0.15, 0.2) is 0 Å². The van der Waals surface area contributed by atoms with Crippen molar-refractivity contribution in [2.45, 2.75) is 25.9 Å². The summed E-state index contributed by atoms with van der Waals surface area (Å²) in [6.07, 6.45) is 0.246. The van der Waals surface area contributed by atoms with Crippen molar-refractivity contribution in [1.82, 2.24) is 9.80 Å². The van der Waals surface area contributed by atoms with Gasteiger partial charge in [0.1, 0.15) is 5.75 Å². The van der Waals surface area contributed by atoms with Crippen molar-refractivity contribution in [3.8, 4) is 5.75 Å². The molecule has 0 N–H and O–H groups in total. The van der Waals surface area contributed by atoms with Gasteiger partial charge in [0.25, 0.3) is 5.91 Å². The molecule has 0 saturated carbocycles. The summed E-state index contributed by atoms with van der Waals surface area (Å²) in [6, 6.07) is 17.3. The van der Waals surface area contributed by atoms with E-state index in [1.807, 2.05) is 25.1 Å². The molecule has 6 nitrogen and oxygen atoms in total. The maximum atomic E-state index is 13.1. The van der Waals surface area contributed by atoms with Crippen LogP contribution in [0.15, 0.2) is 54.6 Å². The van der Waals surface area contributed by atoms with E-state index in [2.05, 4.69) is 34.1 Å². The van der Waals surface area contributed by atoms with Crippen LogP contribution >= 0.6 is 0 Å². The summed E-state index contributed by atoms with van der Waals surface area (Å²) in [5, 5.41) is 0. The molecule has 152 valence electrons. The summed E-state index contributed by atoms with van der Waals surface area (Å²) < 4.78 is 5.52. The molecule has 2 saturated heterocycles. The molecule has 0 radical (unpaired) electrons. The second-order valence-electron chi connectivity index (χ2n) is 7.52. The van der Waals surface area contributed by atoms with Crippen LogP contribution in [0, 0.1) is 0 Å². The number of piperazine rings is 1. The van der Waals surface area contributed by atoms with Crippen LogP contribution in [0.2, 0.25) is 0 Å². The predicted molar refractivity (Wildman–Crippen MR) is 112 cm³/mol. The fourth-order valence-corrected chi connectivity index (χ4v) is 4.13. The number of imide groups is 1. The molecule has 2 aromatic rings. The van der Waals surface area contributed by atoms with Crippen molar-refractivity contribution in [3.05, 3.63) is 60.2 Å². The smallest absolute Gasteiger partial charge is 0.251 e. The molecular formula is C23H27N3O3. The second kappa shape index (κ2) is 8.76. The van der Waals surface area contributed by atoms with Gasteiger partial charge in [0.2, 0.25) is 5.91 Å². The van der Waals surface area contributed by atoms with Crippen LogP contribution in [-0.4, -0.2) is 60.4 Å². The fourth-order valence-electron chi connectivity index (χ4n) is 4.13. The monoisotopic (exact) mass is 393 g/mol. The Morgan fingerprint density at radius 3 is 2.45 bits per heavy atom. The Morgan fingerprint density at radius 1 is 0.966 bits per heavy atom. The van der Waals surface area contributed by atoms with Crippen molar-refractivity contribution < 1.29 is 14.3 Å². The van der Waals surface area contributed by atoms with Gasteiger partial charge >= 0.3 is 0 Å². The molecule has 0 spiro atoms. The zero-order valence-corrected chi connectivity index (χ0v) is 16.8. The van der Waals surface area contributed by atoms with Gasteiger partial charge in [-0.3, -0.25) is 19.4 Å². The minimum atomic E-state index is -0.364. The molecule has 2 amide bonds. The predicted octanol–water partition coefficient (Wildman–Crippen LogP) is 2.54. The number of hydrogen-bond acceptors (Lipinski definition) is 5. The number of nitrogens with zero attached hydrogens (tertiary/aromatic N) is 3. The minimum absolute atomic E-state index is 0.125. The number of benzene rings is 2. The lowest BCUT2D eigenvalue weighted by Crippen LogP contribution is -2.52. The Labute approximate surface area is 171 Å². The van der Waals surface area contributed by atoms with Crippen LogP contribution < -0.4 is 9.64 Å². The third kappa shape index (κ3) is 4.33. The lowest BCUT2D eigenvalue weighted by Gasteiger charge is -2.37. The van der Waals surface area contributed by atoms with Crippen LogP contribution in [0.4, 0.5) is 5.69 Å². The third-order valence-corrected chi connectivity index (χ3v) is 5.61. The van der Waals surface area contributed by atoms with Crippen LogP contribution in [0.5, 0.6) is 5.75 Å². The standard InChI is InChI=1S/C23H27N3O3/c1-2-29-20-10-6-9-19(15-20)26-22(27)16-21(23(26)28)25-13-11-24(12-14-25)17-18-7-4-3-5-8-18/h3-10,15,21H,2,11-14,16-17H2,1H3/t21-/m1/s1. The Bertz CT molecular complexity index is 863. The molecule has 6 heteroatoms. The molecule has 2 heterocycles. The van der Waals surface area contributed by atoms with Crippen molar-refractivity contribution >= 4 is 17.5 Å². The molecule has 2 fully saturated rings. The van der Waals surface area contributed by atoms with Gasteiger partial charge in [-0.05, 0) is 24.6 Å². The van der Waals surface area contributed by atoms with Crippen LogP contribution in [0.25, 0.3) is 0 Å². The highest BCUT2D eigenvalue weighted by atomic mass is 16.5. The highest BCUT2D eigenvalue weighted by Crippen LogP contribution is 2.29. The lowest BCUT2D eigenvalue weighted by atomic mass is 10.1. The first-order valence-electron chi connectivity index (χ1n) is 10.3. The Morgan fingerprint density at radius 2 is 1.72 bits per heavy atom. The first-order valence-corrected chi connectivity index (χ1v) is 10.3. The number of anilines is 1. The van der Waals surface area contributed by atoms with Gasteiger partial charge in [-0.1, -0.05) is 36.4 Å². The van der Waals surface area contributed by atoms with Crippen molar-refractivity contribution in [3.63, 3.8) is 0 Å². The molecule has 0 aliphatic carbocycles. The molecule has 29 heavy (non-hydrogen) atoms. The van der Waals surface area contributed by atoms with E-state index in [1.165, 1.54) is 10.5 Å². The van der Waals surface area contributed by atoms with E-state index >= 15 is 0 Å². The summed E-state index contributed by atoms with van der Waals surface area (Å²) in [6.45, 7) is 6.75. The van der Waals surface area contributed by atoms with Gasteiger partial charge in [0, 0.05) is 38.8 Å². The average molecular weight is 393 g/mol. The van der Waals surface area contributed by atoms with E-state index in [0.717, 1.165) is 32.7 Å². The summed E-state index contributed by atoms with van der Waals surface area (Å²) in [4.78, 5) is 31.6. The van der Waals surface area contributed by atoms with Crippen molar-refractivity contribution in [2.24, 2.45) is 0 Å². The van der Waals surface area contributed by atoms with E-state index < -0.39 is 0 Å². The topological polar surface area (TPSA) is 53.1 Å². The van der Waals surface area contributed by atoms with E-state index in [4.69, 9.17) is 4.74 Å². The largest absolute Gasteiger partial charge is 0.494 e. The van der Waals surface area contributed by atoms with Gasteiger partial charge in [-0.25, -0.2) is 4.90 Å². The number of carbonyl (C=O) groups excluding carboxylic acids is 2. The van der Waals surface area contributed by atoms with Gasteiger partial charge in [0.05, 0.1) is 24.8 Å². The quantitative estimate of drug-likeness (QED) is 0.706. The Hall–Kier alpha value is -2.70. The average Bonchev–Trinajstić information content (AvgIpc) is 3.04.